The first-order valence-corrected chi connectivity index (χ1v) is 20.0. The molecule has 0 saturated heterocycles. The Bertz CT molecular complexity index is 2400. The van der Waals surface area contributed by atoms with Gasteiger partial charge in [-0.3, -0.25) is 19.1 Å². The third kappa shape index (κ3) is 9.51. The lowest BCUT2D eigenvalue weighted by molar-refractivity contribution is -0.138. The summed E-state index contributed by atoms with van der Waals surface area (Å²) >= 11 is 1.40. The maximum atomic E-state index is 13.3. The molecule has 2 aliphatic heterocycles. The van der Waals surface area contributed by atoms with Gasteiger partial charge in [-0.2, -0.15) is 0 Å². The second-order valence-corrected chi connectivity index (χ2v) is 16.1. The van der Waals surface area contributed by atoms with Gasteiger partial charge in [-0.05, 0) is 96.4 Å². The predicted octanol–water partition coefficient (Wildman–Crippen LogP) is 7.24. The van der Waals surface area contributed by atoms with Crippen LogP contribution in [0.5, 0.6) is 0 Å². The highest BCUT2D eigenvalue weighted by atomic mass is 32.2. The van der Waals surface area contributed by atoms with Crippen molar-refractivity contribution in [2.75, 3.05) is 17.7 Å². The van der Waals surface area contributed by atoms with Crippen LogP contribution in [0.4, 0.5) is 11.6 Å². The van der Waals surface area contributed by atoms with Crippen molar-refractivity contribution in [2.24, 2.45) is 5.92 Å². The van der Waals surface area contributed by atoms with Crippen molar-refractivity contribution >= 4 is 63.2 Å². The monoisotopic (exact) mass is 788 g/mol. The molecule has 2 aromatic heterocycles. The van der Waals surface area contributed by atoms with Gasteiger partial charge in [0.1, 0.15) is 17.3 Å². The highest BCUT2D eigenvalue weighted by Gasteiger charge is 2.33. The molecule has 7 rings (SSSR count). The van der Waals surface area contributed by atoms with E-state index in [0.717, 1.165) is 16.9 Å². The summed E-state index contributed by atoms with van der Waals surface area (Å²) in [6, 6.07) is 32.4. The maximum absolute atomic E-state index is 13.3. The van der Waals surface area contributed by atoms with Gasteiger partial charge in [0.25, 0.3) is 21.8 Å². The standard InChI is InChI=1S/C28H29N3O3S.C14H11N3O3S/c1-18(2)17-20-12-14-21(15-13-20)19(3)28(33)34-26-22-9-5-6-10-23(22)35-31(4)25(26)27(32)30-24-11-7-8-16-29-24;18-14(16-13-7-3-4-8-15-13)11-9-10-5-1-2-6-12(10)21(19,20)17-11/h5-16,18-19H,17H2,1-4H3,(H,29,30,32);1-9,17H,(H,15,16,18). The number of hydrogen-bond acceptors (Lipinski definition) is 10. The van der Waals surface area contributed by atoms with Gasteiger partial charge in [-0.25, -0.2) is 18.4 Å². The van der Waals surface area contributed by atoms with Crippen LogP contribution >= 0.6 is 11.9 Å². The van der Waals surface area contributed by atoms with Crippen LogP contribution in [0.2, 0.25) is 0 Å². The van der Waals surface area contributed by atoms with Crippen molar-refractivity contribution in [3.8, 4) is 0 Å². The summed E-state index contributed by atoms with van der Waals surface area (Å²) < 4.78 is 34.1. The summed E-state index contributed by atoms with van der Waals surface area (Å²) in [6.45, 7) is 6.18. The van der Waals surface area contributed by atoms with Gasteiger partial charge in [0, 0.05) is 29.9 Å². The zero-order chi connectivity index (χ0) is 39.8. The molecule has 0 fully saturated rings. The Morgan fingerprint density at radius 2 is 1.39 bits per heavy atom. The van der Waals surface area contributed by atoms with Gasteiger partial charge in [0.15, 0.2) is 11.5 Å². The number of carbonyl (C=O) groups is 3. The molecule has 0 saturated carbocycles. The lowest BCUT2D eigenvalue weighted by Gasteiger charge is -2.29. The van der Waals surface area contributed by atoms with E-state index in [1.165, 1.54) is 35.9 Å². The van der Waals surface area contributed by atoms with E-state index in [-0.39, 0.29) is 22.0 Å². The summed E-state index contributed by atoms with van der Waals surface area (Å²) in [4.78, 5) is 47.9. The van der Waals surface area contributed by atoms with E-state index >= 15 is 0 Å². The van der Waals surface area contributed by atoms with Crippen LogP contribution in [0.15, 0.2) is 143 Å². The molecule has 1 atom stereocenters. The fourth-order valence-electron chi connectivity index (χ4n) is 5.86. The van der Waals surface area contributed by atoms with Crippen molar-refractivity contribution in [2.45, 2.75) is 42.9 Å². The normalized spacial score (nSPS) is 14.4. The Labute approximate surface area is 330 Å². The van der Waals surface area contributed by atoms with Crippen molar-refractivity contribution < 1.29 is 27.5 Å². The molecule has 5 aromatic rings. The second kappa shape index (κ2) is 17.5. The number of ether oxygens (including phenoxy) is 1. The van der Waals surface area contributed by atoms with E-state index in [0.29, 0.717) is 28.7 Å². The zero-order valence-electron chi connectivity index (χ0n) is 31.1. The number of nitrogens with one attached hydrogen (secondary N) is 3. The SMILES string of the molecule is CC(C)Cc1ccc(C(C)C(=O)OC2=C(C(=O)Nc3ccccn3)N(C)Sc3ccccc32)cc1.O=C(Nc1ccccn1)C1=Cc2ccccc2S(=O)(=O)N1. The van der Waals surface area contributed by atoms with Gasteiger partial charge < -0.3 is 19.7 Å². The molecule has 0 aliphatic carbocycles. The van der Waals surface area contributed by atoms with Crippen LogP contribution in [-0.4, -0.2) is 47.5 Å². The number of hydrogen-bond donors (Lipinski definition) is 3. The number of amides is 2. The highest BCUT2D eigenvalue weighted by Crippen LogP contribution is 2.41. The number of nitrogens with zero attached hydrogens (tertiary/aromatic N) is 3. The number of benzene rings is 3. The van der Waals surface area contributed by atoms with Crippen LogP contribution < -0.4 is 15.4 Å². The fraction of sp³-hybridized carbons (Fsp3) is 0.167. The number of likely N-dealkylation sites (N-methyl/N-ethyl adjacent to an activating group) is 1. The minimum absolute atomic E-state index is 0.0423. The number of aromatic nitrogens is 2. The van der Waals surface area contributed by atoms with Gasteiger partial charge in [-0.1, -0.05) is 80.6 Å². The average molecular weight is 789 g/mol. The topological polar surface area (TPSA) is 160 Å². The lowest BCUT2D eigenvalue weighted by Crippen LogP contribution is -2.33. The van der Waals surface area contributed by atoms with Crippen molar-refractivity contribution in [3.63, 3.8) is 0 Å². The molecule has 12 nitrogen and oxygen atoms in total. The summed E-state index contributed by atoms with van der Waals surface area (Å²) in [7, 11) is -1.95. The van der Waals surface area contributed by atoms with Crippen molar-refractivity contribution in [1.29, 1.82) is 0 Å². The Kier molecular flexibility index (Phi) is 12.3. The summed E-state index contributed by atoms with van der Waals surface area (Å²) in [5, 5.41) is 5.34. The number of pyridine rings is 2. The van der Waals surface area contributed by atoms with E-state index in [1.807, 2.05) is 43.3 Å². The van der Waals surface area contributed by atoms with Crippen LogP contribution in [0.3, 0.4) is 0 Å². The van der Waals surface area contributed by atoms with Crippen LogP contribution in [-0.2, 0) is 35.6 Å². The van der Waals surface area contributed by atoms with E-state index in [9.17, 15) is 22.8 Å². The number of carbonyl (C=O) groups excluding carboxylic acids is 3. The Balaban J connectivity index is 0.000000215. The smallest absolute Gasteiger partial charge is 0.318 e. The van der Waals surface area contributed by atoms with Crippen molar-refractivity contribution in [3.05, 3.63) is 155 Å². The minimum Gasteiger partial charge on any atom is -0.423 e. The Morgan fingerprint density at radius 3 is 2.04 bits per heavy atom. The molecule has 14 heteroatoms. The first kappa shape index (κ1) is 39.4. The molecular weight excluding hydrogens is 749 g/mol. The predicted molar refractivity (Wildman–Crippen MR) is 217 cm³/mol. The number of esters is 1. The number of fused-ring (bicyclic) bond motifs is 2. The van der Waals surface area contributed by atoms with Gasteiger partial charge in [0.2, 0.25) is 0 Å². The van der Waals surface area contributed by atoms with Gasteiger partial charge in [0.05, 0.1) is 10.8 Å². The fourth-order valence-corrected chi connectivity index (χ4v) is 8.06. The summed E-state index contributed by atoms with van der Waals surface area (Å²) in [6.07, 6.45) is 5.62. The maximum Gasteiger partial charge on any atom is 0.318 e. The first-order valence-electron chi connectivity index (χ1n) is 17.7. The molecule has 2 aliphatic rings. The summed E-state index contributed by atoms with van der Waals surface area (Å²) in [5.74, 6) is -0.314. The third-order valence-corrected chi connectivity index (χ3v) is 11.1. The van der Waals surface area contributed by atoms with E-state index in [4.69, 9.17) is 4.74 Å². The molecule has 2 amide bonds. The molecule has 3 N–H and O–H groups in total. The molecule has 1 unspecified atom stereocenters. The molecule has 0 bridgehead atoms. The van der Waals surface area contributed by atoms with Crippen LogP contribution in [0.1, 0.15) is 48.9 Å². The summed E-state index contributed by atoms with van der Waals surface area (Å²) in [5.41, 5.74) is 3.50. The van der Waals surface area contributed by atoms with Crippen LogP contribution in [0, 0.1) is 5.92 Å². The number of anilines is 2. The molecular formula is C42H40N6O6S2. The Hall–Kier alpha value is -6.25. The largest absolute Gasteiger partial charge is 0.423 e. The highest BCUT2D eigenvalue weighted by molar-refractivity contribution is 7.97. The second-order valence-electron chi connectivity index (χ2n) is 13.3. The Morgan fingerprint density at radius 1 is 0.786 bits per heavy atom. The van der Waals surface area contributed by atoms with E-state index in [1.54, 1.807) is 72.1 Å². The molecule has 56 heavy (non-hydrogen) atoms. The minimum atomic E-state index is -3.73. The number of rotatable bonds is 9. The molecule has 0 radical (unpaired) electrons. The van der Waals surface area contributed by atoms with Gasteiger partial charge in [-0.15, -0.1) is 0 Å². The van der Waals surface area contributed by atoms with E-state index in [2.05, 4.69) is 51.3 Å². The van der Waals surface area contributed by atoms with Crippen molar-refractivity contribution in [1.82, 2.24) is 19.0 Å². The van der Waals surface area contributed by atoms with E-state index < -0.39 is 33.7 Å². The van der Waals surface area contributed by atoms with Gasteiger partial charge >= 0.3 is 5.97 Å². The number of sulfonamides is 1. The molecule has 4 heterocycles. The lowest BCUT2D eigenvalue weighted by atomic mass is 9.97. The van der Waals surface area contributed by atoms with Crippen LogP contribution in [0.25, 0.3) is 11.8 Å². The third-order valence-electron chi connectivity index (χ3n) is 8.60. The quantitative estimate of drug-likeness (QED) is 0.103. The molecule has 3 aromatic carbocycles. The molecule has 0 spiro atoms. The zero-order valence-corrected chi connectivity index (χ0v) is 32.7. The molecule has 286 valence electrons. The average Bonchev–Trinajstić information content (AvgIpc) is 3.18. The first-order chi connectivity index (χ1) is 26.9.